The normalized spacial score (nSPS) is 11.7. The van der Waals surface area contributed by atoms with Crippen LogP contribution in [0.3, 0.4) is 0 Å². The van der Waals surface area contributed by atoms with Crippen LogP contribution in [0.5, 0.6) is 0 Å². The Hall–Kier alpha value is -3.14. The Bertz CT molecular complexity index is 986. The fourth-order valence-electron chi connectivity index (χ4n) is 2.99. The molecule has 0 saturated carbocycles. The quantitative estimate of drug-likeness (QED) is 0.372. The van der Waals surface area contributed by atoms with Crippen LogP contribution in [-0.4, -0.2) is 6.29 Å². The van der Waals surface area contributed by atoms with Crippen molar-refractivity contribution in [2.24, 2.45) is 0 Å². The minimum atomic E-state index is -4.48. The second-order valence-electron chi connectivity index (χ2n) is 6.18. The predicted molar refractivity (Wildman–Crippen MR) is 102 cm³/mol. The van der Waals surface area contributed by atoms with Crippen molar-refractivity contribution in [3.63, 3.8) is 0 Å². The van der Waals surface area contributed by atoms with Crippen molar-refractivity contribution in [1.29, 1.82) is 0 Å². The highest BCUT2D eigenvalue weighted by Crippen LogP contribution is 2.34. The summed E-state index contributed by atoms with van der Waals surface area (Å²) in [6, 6.07) is 18.9. The summed E-state index contributed by atoms with van der Waals surface area (Å²) in [5.74, 6) is 0. The van der Waals surface area contributed by atoms with Gasteiger partial charge in [0.1, 0.15) is 6.29 Å². The van der Waals surface area contributed by atoms with Gasteiger partial charge in [0, 0.05) is 5.56 Å². The van der Waals surface area contributed by atoms with Crippen molar-refractivity contribution in [1.82, 2.24) is 0 Å². The molecule has 0 N–H and O–H groups in total. The van der Waals surface area contributed by atoms with Gasteiger partial charge in [0.15, 0.2) is 0 Å². The number of carbonyl (C=O) groups excluding carboxylic acids is 1. The maximum absolute atomic E-state index is 13.3. The Morgan fingerprint density at radius 3 is 2.19 bits per heavy atom. The summed E-state index contributed by atoms with van der Waals surface area (Å²) in [6.07, 6.45) is -0.880. The molecule has 0 aliphatic carbocycles. The maximum atomic E-state index is 13.3. The van der Waals surface area contributed by atoms with Gasteiger partial charge in [-0.25, -0.2) is 0 Å². The molecule has 0 aliphatic heterocycles. The lowest BCUT2D eigenvalue weighted by molar-refractivity contribution is -0.137. The summed E-state index contributed by atoms with van der Waals surface area (Å²) in [4.78, 5) is 10.9. The van der Waals surface area contributed by atoms with Crippen molar-refractivity contribution < 1.29 is 18.0 Å². The molecule has 0 bridgehead atoms. The van der Waals surface area contributed by atoms with E-state index in [1.54, 1.807) is 6.08 Å². The van der Waals surface area contributed by atoms with Gasteiger partial charge in [-0.05, 0) is 46.9 Å². The molecular formula is C23H17F3O. The summed E-state index contributed by atoms with van der Waals surface area (Å²) in [5.41, 5.74) is 3.27. The summed E-state index contributed by atoms with van der Waals surface area (Å²) >= 11 is 0. The van der Waals surface area contributed by atoms with Gasteiger partial charge in [0.25, 0.3) is 0 Å². The Morgan fingerprint density at radius 1 is 0.815 bits per heavy atom. The summed E-state index contributed by atoms with van der Waals surface area (Å²) in [6.45, 7) is 1.94. The molecule has 4 heteroatoms. The molecule has 136 valence electrons. The van der Waals surface area contributed by atoms with Gasteiger partial charge in [-0.2, -0.15) is 13.2 Å². The minimum absolute atomic E-state index is 0.0309. The smallest absolute Gasteiger partial charge is 0.298 e. The number of carbonyl (C=O) groups is 1. The zero-order chi connectivity index (χ0) is 19.4. The van der Waals surface area contributed by atoms with Crippen LogP contribution >= 0.6 is 0 Å². The fourth-order valence-corrected chi connectivity index (χ4v) is 2.99. The number of halogens is 3. The van der Waals surface area contributed by atoms with Gasteiger partial charge in [-0.15, -0.1) is 0 Å². The van der Waals surface area contributed by atoms with Gasteiger partial charge in [-0.1, -0.05) is 66.7 Å². The number of hydrogen-bond acceptors (Lipinski definition) is 1. The molecule has 3 aromatic carbocycles. The maximum Gasteiger partial charge on any atom is 0.416 e. The van der Waals surface area contributed by atoms with E-state index in [9.17, 15) is 18.0 Å². The summed E-state index contributed by atoms with van der Waals surface area (Å²) in [7, 11) is 0. The van der Waals surface area contributed by atoms with Gasteiger partial charge in [-0.3, -0.25) is 4.79 Å². The molecule has 27 heavy (non-hydrogen) atoms. The molecular weight excluding hydrogens is 349 g/mol. The highest BCUT2D eigenvalue weighted by atomic mass is 19.4. The molecule has 0 unspecified atom stereocenters. The first-order chi connectivity index (χ1) is 12.9. The molecule has 3 aromatic rings. The van der Waals surface area contributed by atoms with Gasteiger partial charge in [0.05, 0.1) is 5.56 Å². The van der Waals surface area contributed by atoms with Crippen molar-refractivity contribution in [3.05, 3.63) is 94.5 Å². The summed E-state index contributed by atoms with van der Waals surface area (Å²) < 4.78 is 39.8. The zero-order valence-electron chi connectivity index (χ0n) is 14.6. The van der Waals surface area contributed by atoms with Crippen molar-refractivity contribution >= 4 is 18.4 Å². The van der Waals surface area contributed by atoms with Gasteiger partial charge >= 0.3 is 6.18 Å². The number of rotatable bonds is 4. The molecule has 1 nitrogen and oxygen atoms in total. The molecule has 0 saturated heterocycles. The van der Waals surface area contributed by atoms with Crippen molar-refractivity contribution in [2.45, 2.75) is 13.1 Å². The van der Waals surface area contributed by atoms with Gasteiger partial charge < -0.3 is 0 Å². The van der Waals surface area contributed by atoms with E-state index in [1.165, 1.54) is 18.2 Å². The van der Waals surface area contributed by atoms with Crippen molar-refractivity contribution in [3.8, 4) is 11.1 Å². The Kier molecular flexibility index (Phi) is 5.26. The minimum Gasteiger partial charge on any atom is -0.298 e. The number of aldehydes is 1. The lowest BCUT2D eigenvalue weighted by Crippen LogP contribution is -2.07. The Morgan fingerprint density at radius 2 is 1.52 bits per heavy atom. The van der Waals surface area contributed by atoms with E-state index in [-0.39, 0.29) is 11.1 Å². The third-order valence-corrected chi connectivity index (χ3v) is 4.42. The second-order valence-corrected chi connectivity index (χ2v) is 6.18. The van der Waals surface area contributed by atoms with E-state index in [1.807, 2.05) is 55.5 Å². The molecule has 0 atom stereocenters. The van der Waals surface area contributed by atoms with E-state index < -0.39 is 11.7 Å². The highest BCUT2D eigenvalue weighted by molar-refractivity contribution is 5.81. The Labute approximate surface area is 155 Å². The van der Waals surface area contributed by atoms with E-state index in [2.05, 4.69) is 0 Å². The van der Waals surface area contributed by atoms with E-state index in [0.717, 1.165) is 28.3 Å². The number of hydrogen-bond donors (Lipinski definition) is 0. The predicted octanol–water partition coefficient (Wildman–Crippen LogP) is 6.66. The van der Waals surface area contributed by atoms with Crippen LogP contribution in [0.4, 0.5) is 13.2 Å². The summed E-state index contributed by atoms with van der Waals surface area (Å²) in [5, 5.41) is 0. The molecule has 0 aliphatic rings. The lowest BCUT2D eigenvalue weighted by Gasteiger charge is -2.12. The Balaban J connectivity index is 2.04. The second kappa shape index (κ2) is 7.62. The monoisotopic (exact) mass is 366 g/mol. The van der Waals surface area contributed by atoms with E-state index in [4.69, 9.17) is 0 Å². The molecule has 0 radical (unpaired) electrons. The van der Waals surface area contributed by atoms with Crippen LogP contribution in [0.25, 0.3) is 23.3 Å². The van der Waals surface area contributed by atoms with Crippen LogP contribution in [0.2, 0.25) is 0 Å². The largest absolute Gasteiger partial charge is 0.416 e. The van der Waals surface area contributed by atoms with Crippen LogP contribution in [0.15, 0.2) is 66.7 Å². The van der Waals surface area contributed by atoms with Crippen LogP contribution in [0, 0.1) is 6.92 Å². The topological polar surface area (TPSA) is 17.1 Å². The first-order valence-corrected chi connectivity index (χ1v) is 8.39. The molecule has 3 rings (SSSR count). The average Bonchev–Trinajstić information content (AvgIpc) is 2.67. The van der Waals surface area contributed by atoms with Gasteiger partial charge in [0.2, 0.25) is 0 Å². The lowest BCUT2D eigenvalue weighted by atomic mass is 9.95. The third kappa shape index (κ3) is 4.17. The molecule has 0 spiro atoms. The zero-order valence-corrected chi connectivity index (χ0v) is 14.6. The average molecular weight is 366 g/mol. The van der Waals surface area contributed by atoms with Crippen molar-refractivity contribution in [2.75, 3.05) is 0 Å². The van der Waals surface area contributed by atoms with Crippen LogP contribution < -0.4 is 0 Å². The third-order valence-electron chi connectivity index (χ3n) is 4.42. The standard InChI is InChI=1S/C23H17F3O/c1-16-18(8-5-9-21(16)19-6-3-2-4-7-19)11-12-20-14-17(15-27)10-13-22(20)23(24,25)26/h2-15H,1H3/b12-11+. The fraction of sp³-hybridized carbons (Fsp3) is 0.0870. The first kappa shape index (κ1) is 18.6. The van der Waals surface area contributed by atoms with E-state index >= 15 is 0 Å². The highest BCUT2D eigenvalue weighted by Gasteiger charge is 2.32. The molecule has 0 heterocycles. The SMILES string of the molecule is Cc1c(/C=C/c2cc(C=O)ccc2C(F)(F)F)cccc1-c1ccccc1. The van der Waals surface area contributed by atoms with Crippen LogP contribution in [-0.2, 0) is 6.18 Å². The molecule has 0 aromatic heterocycles. The van der Waals surface area contributed by atoms with Crippen LogP contribution in [0.1, 0.15) is 32.6 Å². The number of alkyl halides is 3. The number of benzene rings is 3. The molecule has 0 fully saturated rings. The first-order valence-electron chi connectivity index (χ1n) is 8.39. The molecule has 0 amide bonds. The van der Waals surface area contributed by atoms with E-state index in [0.29, 0.717) is 6.29 Å².